The van der Waals surface area contributed by atoms with Crippen molar-refractivity contribution in [1.82, 2.24) is 5.32 Å². The molecule has 1 rings (SSSR count). The lowest BCUT2D eigenvalue weighted by Gasteiger charge is -2.33. The van der Waals surface area contributed by atoms with E-state index in [4.69, 9.17) is 0 Å². The van der Waals surface area contributed by atoms with Gasteiger partial charge in [0.15, 0.2) is 0 Å². The van der Waals surface area contributed by atoms with Crippen molar-refractivity contribution in [2.45, 2.75) is 53.9 Å². The quantitative estimate of drug-likeness (QED) is 0.759. The summed E-state index contributed by atoms with van der Waals surface area (Å²) in [6.07, 6.45) is 3.67. The van der Waals surface area contributed by atoms with Gasteiger partial charge in [0.2, 0.25) is 0 Å². The largest absolute Gasteiger partial charge is 0.316 e. The van der Waals surface area contributed by atoms with Gasteiger partial charge in [-0.15, -0.1) is 0 Å². The Balaban J connectivity index is 2.91. The number of hydrogen-bond donors (Lipinski definition) is 1. The topological polar surface area (TPSA) is 12.0 Å². The van der Waals surface area contributed by atoms with E-state index in [9.17, 15) is 0 Å². The normalized spacial score (nSPS) is 11.8. The van der Waals surface area contributed by atoms with Crippen molar-refractivity contribution < 1.29 is 0 Å². The molecule has 0 atom stereocenters. The summed E-state index contributed by atoms with van der Waals surface area (Å²) in [6, 6.07) is 6.83. The van der Waals surface area contributed by atoms with Gasteiger partial charge >= 0.3 is 0 Å². The van der Waals surface area contributed by atoms with Crippen molar-refractivity contribution in [3.63, 3.8) is 0 Å². The van der Waals surface area contributed by atoms with Crippen molar-refractivity contribution in [3.05, 3.63) is 34.9 Å². The molecule has 0 saturated heterocycles. The van der Waals surface area contributed by atoms with Crippen LogP contribution in [0, 0.1) is 19.3 Å². The second-order valence-corrected chi connectivity index (χ2v) is 5.59. The molecule has 0 unspecified atom stereocenters. The molecule has 18 heavy (non-hydrogen) atoms. The van der Waals surface area contributed by atoms with Crippen LogP contribution in [0.1, 0.15) is 50.3 Å². The number of hydrogen-bond acceptors (Lipinski definition) is 1. The first-order chi connectivity index (χ1) is 8.56. The van der Waals surface area contributed by atoms with E-state index in [2.05, 4.69) is 58.1 Å². The first kappa shape index (κ1) is 15.2. The molecule has 0 aliphatic rings. The molecule has 0 aromatic heterocycles. The molecule has 0 spiro atoms. The Labute approximate surface area is 113 Å². The molecule has 0 aliphatic carbocycles. The smallest absolute Gasteiger partial charge is 0.00107 e. The van der Waals surface area contributed by atoms with Crippen LogP contribution >= 0.6 is 0 Å². The molecular weight excluding hydrogens is 218 g/mol. The second-order valence-electron chi connectivity index (χ2n) is 5.59. The van der Waals surface area contributed by atoms with Gasteiger partial charge in [-0.05, 0) is 56.2 Å². The highest BCUT2D eigenvalue weighted by atomic mass is 14.9. The fourth-order valence-corrected chi connectivity index (χ4v) is 2.60. The van der Waals surface area contributed by atoms with E-state index >= 15 is 0 Å². The Morgan fingerprint density at radius 1 is 1.06 bits per heavy atom. The van der Waals surface area contributed by atoms with Crippen LogP contribution in [0.15, 0.2) is 18.2 Å². The molecule has 0 amide bonds. The zero-order valence-electron chi connectivity index (χ0n) is 12.8. The summed E-state index contributed by atoms with van der Waals surface area (Å²) < 4.78 is 0. The van der Waals surface area contributed by atoms with E-state index in [1.54, 1.807) is 0 Å². The third-order valence-corrected chi connectivity index (χ3v) is 4.32. The molecule has 1 aromatic carbocycles. The van der Waals surface area contributed by atoms with Gasteiger partial charge in [-0.3, -0.25) is 0 Å². The van der Waals surface area contributed by atoms with Gasteiger partial charge in [0.25, 0.3) is 0 Å². The van der Waals surface area contributed by atoms with Crippen molar-refractivity contribution in [2.24, 2.45) is 5.41 Å². The highest BCUT2D eigenvalue weighted by molar-refractivity contribution is 5.31. The Bertz CT molecular complexity index is 364. The van der Waals surface area contributed by atoms with E-state index in [0.717, 1.165) is 13.1 Å². The third kappa shape index (κ3) is 3.84. The van der Waals surface area contributed by atoms with Crippen LogP contribution in [-0.2, 0) is 6.42 Å². The molecule has 1 aromatic rings. The maximum absolute atomic E-state index is 3.55. The lowest BCUT2D eigenvalue weighted by atomic mass is 9.76. The summed E-state index contributed by atoms with van der Waals surface area (Å²) in [5.41, 5.74) is 4.74. The predicted octanol–water partition coefficient (Wildman–Crippen LogP) is 4.26. The lowest BCUT2D eigenvalue weighted by molar-refractivity contribution is 0.248. The Kier molecular flexibility index (Phi) is 5.87. The van der Waals surface area contributed by atoms with Crippen molar-refractivity contribution in [3.8, 4) is 0 Å². The van der Waals surface area contributed by atoms with Gasteiger partial charge in [-0.1, -0.05) is 44.5 Å². The number of rotatable bonds is 7. The summed E-state index contributed by atoms with van der Waals surface area (Å²) in [5.74, 6) is 0. The molecule has 102 valence electrons. The Morgan fingerprint density at radius 3 is 2.28 bits per heavy atom. The van der Waals surface area contributed by atoms with Crippen LogP contribution in [0.25, 0.3) is 0 Å². The van der Waals surface area contributed by atoms with E-state index < -0.39 is 0 Å². The molecule has 0 radical (unpaired) electrons. The number of nitrogens with one attached hydrogen (secondary N) is 1. The standard InChI is InChI=1S/C17H29N/c1-6-17(7-2,13-18-8-3)12-16-11-14(4)9-10-15(16)5/h9-11,18H,6-8,12-13H2,1-5H3. The summed E-state index contributed by atoms with van der Waals surface area (Å²) in [4.78, 5) is 0. The van der Waals surface area contributed by atoms with Crippen molar-refractivity contribution in [2.75, 3.05) is 13.1 Å². The summed E-state index contributed by atoms with van der Waals surface area (Å²) in [6.45, 7) is 13.5. The molecule has 0 aliphatic heterocycles. The molecular formula is C17H29N. The van der Waals surface area contributed by atoms with E-state index in [0.29, 0.717) is 5.41 Å². The fourth-order valence-electron chi connectivity index (χ4n) is 2.60. The lowest BCUT2D eigenvalue weighted by Crippen LogP contribution is -2.35. The molecule has 1 heteroatoms. The van der Waals surface area contributed by atoms with E-state index in [-0.39, 0.29) is 0 Å². The first-order valence-corrected chi connectivity index (χ1v) is 7.33. The molecule has 1 N–H and O–H groups in total. The SMILES string of the molecule is CCNCC(CC)(CC)Cc1cc(C)ccc1C. The van der Waals surface area contributed by atoms with Gasteiger partial charge < -0.3 is 5.32 Å². The van der Waals surface area contributed by atoms with Crippen LogP contribution < -0.4 is 5.32 Å². The van der Waals surface area contributed by atoms with Crippen molar-refractivity contribution in [1.29, 1.82) is 0 Å². The minimum atomic E-state index is 0.411. The molecule has 0 saturated carbocycles. The summed E-state index contributed by atoms with van der Waals surface area (Å²) in [5, 5.41) is 3.55. The van der Waals surface area contributed by atoms with Gasteiger partial charge in [-0.2, -0.15) is 0 Å². The minimum Gasteiger partial charge on any atom is -0.316 e. The molecule has 1 nitrogen and oxygen atoms in total. The fraction of sp³-hybridized carbons (Fsp3) is 0.647. The van der Waals surface area contributed by atoms with Gasteiger partial charge in [0.05, 0.1) is 0 Å². The van der Waals surface area contributed by atoms with E-state index in [1.807, 2.05) is 0 Å². The van der Waals surface area contributed by atoms with Crippen LogP contribution in [0.2, 0.25) is 0 Å². The zero-order valence-corrected chi connectivity index (χ0v) is 12.8. The molecule has 0 bridgehead atoms. The zero-order chi connectivity index (χ0) is 13.6. The van der Waals surface area contributed by atoms with Crippen LogP contribution in [-0.4, -0.2) is 13.1 Å². The highest BCUT2D eigenvalue weighted by Gasteiger charge is 2.26. The number of aryl methyl sites for hydroxylation is 2. The van der Waals surface area contributed by atoms with Gasteiger partial charge in [0, 0.05) is 6.54 Å². The van der Waals surface area contributed by atoms with Crippen molar-refractivity contribution >= 4 is 0 Å². The molecule has 0 fully saturated rings. The second kappa shape index (κ2) is 6.94. The monoisotopic (exact) mass is 247 g/mol. The van der Waals surface area contributed by atoms with Gasteiger partial charge in [0.1, 0.15) is 0 Å². The highest BCUT2D eigenvalue weighted by Crippen LogP contribution is 2.31. The van der Waals surface area contributed by atoms with Crippen LogP contribution in [0.3, 0.4) is 0 Å². The summed E-state index contributed by atoms with van der Waals surface area (Å²) in [7, 11) is 0. The first-order valence-electron chi connectivity index (χ1n) is 7.33. The average Bonchev–Trinajstić information content (AvgIpc) is 2.39. The van der Waals surface area contributed by atoms with Crippen LogP contribution in [0.5, 0.6) is 0 Å². The third-order valence-electron chi connectivity index (χ3n) is 4.32. The Morgan fingerprint density at radius 2 is 1.72 bits per heavy atom. The van der Waals surface area contributed by atoms with Crippen LogP contribution in [0.4, 0.5) is 0 Å². The molecule has 0 heterocycles. The summed E-state index contributed by atoms with van der Waals surface area (Å²) >= 11 is 0. The van der Waals surface area contributed by atoms with E-state index in [1.165, 1.54) is 36.0 Å². The predicted molar refractivity (Wildman–Crippen MR) is 81.2 cm³/mol. The average molecular weight is 247 g/mol. The number of benzene rings is 1. The van der Waals surface area contributed by atoms with Gasteiger partial charge in [-0.25, -0.2) is 0 Å². The Hall–Kier alpha value is -0.820. The minimum absolute atomic E-state index is 0.411. The maximum atomic E-state index is 3.55. The maximum Gasteiger partial charge on any atom is 0.00107 e.